The molecule has 20 heavy (non-hydrogen) atoms. The lowest BCUT2D eigenvalue weighted by molar-refractivity contribution is 0.451. The fourth-order valence-electron chi connectivity index (χ4n) is 1.74. The van der Waals surface area contributed by atoms with Crippen molar-refractivity contribution in [1.82, 2.24) is 9.97 Å². The number of rotatable bonds is 2. The number of halogens is 3. The minimum atomic E-state index is -1.04. The Morgan fingerprint density at radius 2 is 1.70 bits per heavy atom. The van der Waals surface area contributed by atoms with Gasteiger partial charge in [-0.3, -0.25) is 0 Å². The van der Waals surface area contributed by atoms with Gasteiger partial charge in [-0.15, -0.1) is 0 Å². The predicted molar refractivity (Wildman–Crippen MR) is 65.9 cm³/mol. The molecule has 2 aromatic carbocycles. The number of nitrogens with zero attached hydrogens (tertiary/aromatic N) is 2. The van der Waals surface area contributed by atoms with Gasteiger partial charge in [-0.1, -0.05) is 0 Å². The number of ether oxygens (including phenoxy) is 1. The monoisotopic (exact) mass is 276 g/mol. The second kappa shape index (κ2) is 4.80. The predicted octanol–water partition coefficient (Wildman–Crippen LogP) is 3.84. The van der Waals surface area contributed by atoms with E-state index in [-0.39, 0.29) is 11.6 Å². The largest absolute Gasteiger partial charge is 0.438 e. The summed E-state index contributed by atoms with van der Waals surface area (Å²) in [6, 6.07) is 7.04. The molecular formula is C14H7F3N2O. The van der Waals surface area contributed by atoms with Gasteiger partial charge in [0.15, 0.2) is 11.6 Å². The number of fused-ring (bicyclic) bond motifs is 1. The van der Waals surface area contributed by atoms with E-state index in [2.05, 4.69) is 9.97 Å². The molecule has 0 aliphatic rings. The molecule has 0 amide bonds. The van der Waals surface area contributed by atoms with E-state index in [1.165, 1.54) is 30.6 Å². The lowest BCUT2D eigenvalue weighted by Crippen LogP contribution is -1.93. The first-order chi connectivity index (χ1) is 9.63. The van der Waals surface area contributed by atoms with Gasteiger partial charge in [-0.05, 0) is 30.3 Å². The smallest absolute Gasteiger partial charge is 0.230 e. The molecule has 0 saturated heterocycles. The van der Waals surface area contributed by atoms with Crippen LogP contribution in [0.3, 0.4) is 0 Å². The summed E-state index contributed by atoms with van der Waals surface area (Å²) in [6.45, 7) is 0. The van der Waals surface area contributed by atoms with Crippen molar-refractivity contribution in [3.63, 3.8) is 0 Å². The Morgan fingerprint density at radius 1 is 0.850 bits per heavy atom. The van der Waals surface area contributed by atoms with Crippen LogP contribution in [0.25, 0.3) is 10.9 Å². The maximum absolute atomic E-state index is 13.3. The van der Waals surface area contributed by atoms with Crippen molar-refractivity contribution in [3.05, 3.63) is 60.2 Å². The summed E-state index contributed by atoms with van der Waals surface area (Å²) >= 11 is 0. The van der Waals surface area contributed by atoms with Crippen molar-refractivity contribution < 1.29 is 17.9 Å². The van der Waals surface area contributed by atoms with E-state index in [9.17, 15) is 13.2 Å². The standard InChI is InChI=1S/C14H7F3N2O/c15-8-1-4-13-10(5-8)14(19-7-18-13)20-9-2-3-11(16)12(17)6-9/h1-7H. The van der Waals surface area contributed by atoms with Crippen LogP contribution >= 0.6 is 0 Å². The quantitative estimate of drug-likeness (QED) is 0.713. The molecule has 100 valence electrons. The number of hydrogen-bond acceptors (Lipinski definition) is 3. The molecule has 0 atom stereocenters. The molecule has 0 bridgehead atoms. The van der Waals surface area contributed by atoms with Crippen molar-refractivity contribution in [2.75, 3.05) is 0 Å². The second-order valence-electron chi connectivity index (χ2n) is 4.02. The maximum Gasteiger partial charge on any atom is 0.230 e. The van der Waals surface area contributed by atoms with Gasteiger partial charge in [0.25, 0.3) is 0 Å². The zero-order valence-electron chi connectivity index (χ0n) is 9.98. The van der Waals surface area contributed by atoms with E-state index in [1.807, 2.05) is 0 Å². The molecule has 3 nitrogen and oxygen atoms in total. The Kier molecular flexibility index (Phi) is 2.98. The third-order valence-electron chi connectivity index (χ3n) is 2.67. The minimum Gasteiger partial charge on any atom is -0.438 e. The Balaban J connectivity index is 2.05. The summed E-state index contributed by atoms with van der Waals surface area (Å²) in [5, 5.41) is 0.345. The number of hydrogen-bond donors (Lipinski definition) is 0. The van der Waals surface area contributed by atoms with Crippen LogP contribution < -0.4 is 4.74 Å². The van der Waals surface area contributed by atoms with Gasteiger partial charge in [0.2, 0.25) is 5.88 Å². The average molecular weight is 276 g/mol. The summed E-state index contributed by atoms with van der Waals surface area (Å²) in [6.07, 6.45) is 1.25. The van der Waals surface area contributed by atoms with Gasteiger partial charge < -0.3 is 4.74 Å². The molecule has 0 N–H and O–H groups in total. The normalized spacial score (nSPS) is 10.8. The van der Waals surface area contributed by atoms with E-state index >= 15 is 0 Å². The lowest BCUT2D eigenvalue weighted by atomic mass is 10.2. The summed E-state index contributed by atoms with van der Waals surface area (Å²) in [4.78, 5) is 7.84. The van der Waals surface area contributed by atoms with Crippen LogP contribution in [0.15, 0.2) is 42.7 Å². The van der Waals surface area contributed by atoms with Crippen LogP contribution in [-0.4, -0.2) is 9.97 Å². The highest BCUT2D eigenvalue weighted by Gasteiger charge is 2.09. The van der Waals surface area contributed by atoms with Crippen molar-refractivity contribution in [3.8, 4) is 11.6 Å². The van der Waals surface area contributed by atoms with Gasteiger partial charge in [0.1, 0.15) is 17.9 Å². The highest BCUT2D eigenvalue weighted by molar-refractivity contribution is 5.83. The van der Waals surface area contributed by atoms with Crippen LogP contribution in [-0.2, 0) is 0 Å². The minimum absolute atomic E-state index is 0.0631. The third-order valence-corrected chi connectivity index (χ3v) is 2.67. The zero-order valence-corrected chi connectivity index (χ0v) is 9.98. The first kappa shape index (κ1) is 12.4. The van der Waals surface area contributed by atoms with Gasteiger partial charge >= 0.3 is 0 Å². The van der Waals surface area contributed by atoms with Crippen molar-refractivity contribution in [2.24, 2.45) is 0 Å². The van der Waals surface area contributed by atoms with E-state index in [0.717, 1.165) is 12.1 Å². The Bertz CT molecular complexity index is 792. The van der Waals surface area contributed by atoms with Crippen LogP contribution in [0.1, 0.15) is 0 Å². The van der Waals surface area contributed by atoms with Gasteiger partial charge in [0, 0.05) is 6.07 Å². The molecule has 1 aromatic heterocycles. The molecule has 3 rings (SSSR count). The Labute approximate surface area is 111 Å². The van der Waals surface area contributed by atoms with E-state index in [4.69, 9.17) is 4.74 Å². The second-order valence-corrected chi connectivity index (χ2v) is 4.02. The molecule has 0 radical (unpaired) electrons. The molecule has 0 aliphatic carbocycles. The third kappa shape index (κ3) is 2.27. The average Bonchev–Trinajstić information content (AvgIpc) is 2.44. The summed E-state index contributed by atoms with van der Waals surface area (Å²) < 4.78 is 44.6. The molecule has 0 unspecified atom stereocenters. The first-order valence-corrected chi connectivity index (χ1v) is 5.66. The summed E-state index contributed by atoms with van der Waals surface area (Å²) in [7, 11) is 0. The topological polar surface area (TPSA) is 35.0 Å². The van der Waals surface area contributed by atoms with Gasteiger partial charge in [-0.2, -0.15) is 0 Å². The highest BCUT2D eigenvalue weighted by atomic mass is 19.2. The fourth-order valence-corrected chi connectivity index (χ4v) is 1.74. The molecule has 6 heteroatoms. The maximum atomic E-state index is 13.3. The summed E-state index contributed by atoms with van der Waals surface area (Å²) in [5.74, 6) is -2.35. The van der Waals surface area contributed by atoms with Gasteiger partial charge in [-0.25, -0.2) is 23.1 Å². The molecule has 0 saturated carbocycles. The van der Waals surface area contributed by atoms with E-state index < -0.39 is 17.5 Å². The van der Waals surface area contributed by atoms with Crippen LogP contribution in [0.4, 0.5) is 13.2 Å². The molecule has 0 spiro atoms. The van der Waals surface area contributed by atoms with E-state index in [0.29, 0.717) is 10.9 Å². The Hall–Kier alpha value is -2.63. The first-order valence-electron chi connectivity index (χ1n) is 5.66. The van der Waals surface area contributed by atoms with E-state index in [1.54, 1.807) is 0 Å². The molecule has 3 aromatic rings. The molecule has 0 fully saturated rings. The van der Waals surface area contributed by atoms with Crippen LogP contribution in [0.5, 0.6) is 11.6 Å². The fraction of sp³-hybridized carbons (Fsp3) is 0. The lowest BCUT2D eigenvalue weighted by Gasteiger charge is -2.07. The summed E-state index contributed by atoms with van der Waals surface area (Å²) in [5.41, 5.74) is 0.485. The highest BCUT2D eigenvalue weighted by Crippen LogP contribution is 2.27. The number of aromatic nitrogens is 2. The molecule has 0 aliphatic heterocycles. The van der Waals surface area contributed by atoms with Crippen molar-refractivity contribution in [1.29, 1.82) is 0 Å². The zero-order chi connectivity index (χ0) is 14.1. The van der Waals surface area contributed by atoms with Crippen molar-refractivity contribution >= 4 is 10.9 Å². The number of benzene rings is 2. The molecule has 1 heterocycles. The Morgan fingerprint density at radius 3 is 2.50 bits per heavy atom. The van der Waals surface area contributed by atoms with Crippen molar-refractivity contribution in [2.45, 2.75) is 0 Å². The SMILES string of the molecule is Fc1ccc2ncnc(Oc3ccc(F)c(F)c3)c2c1. The van der Waals surface area contributed by atoms with Crippen LogP contribution in [0.2, 0.25) is 0 Å². The van der Waals surface area contributed by atoms with Gasteiger partial charge in [0.05, 0.1) is 10.9 Å². The molecular weight excluding hydrogens is 269 g/mol. The van der Waals surface area contributed by atoms with Crippen LogP contribution in [0, 0.1) is 17.5 Å².